The Balaban J connectivity index is 1.94. The zero-order chi connectivity index (χ0) is 20.7. The van der Waals surface area contributed by atoms with E-state index in [4.69, 9.17) is 14.5 Å². The number of rotatable bonds is 5. The van der Waals surface area contributed by atoms with Crippen LogP contribution in [0.15, 0.2) is 62.4 Å². The Kier molecular flexibility index (Phi) is 4.88. The van der Waals surface area contributed by atoms with E-state index in [1.807, 2.05) is 13.0 Å². The highest BCUT2D eigenvalue weighted by atomic mass is 16.4. The number of nitrogens with zero attached hydrogens (tertiary/aromatic N) is 2. The van der Waals surface area contributed by atoms with Crippen LogP contribution < -0.4 is 0 Å². The number of aromatic carboxylic acids is 1. The van der Waals surface area contributed by atoms with Crippen LogP contribution in [0.5, 0.6) is 0 Å². The summed E-state index contributed by atoms with van der Waals surface area (Å²) in [6.07, 6.45) is 2.62. The van der Waals surface area contributed by atoms with Gasteiger partial charge < -0.3 is 9.52 Å². The Labute approximate surface area is 165 Å². The topological polar surface area (TPSA) is 75.2 Å². The minimum absolute atomic E-state index is 0.0649. The Hall–Kier alpha value is -2.95. The van der Waals surface area contributed by atoms with Crippen LogP contribution in [0.1, 0.15) is 57.2 Å². The molecule has 0 fully saturated rings. The molecule has 146 valence electrons. The second-order valence-corrected chi connectivity index (χ2v) is 8.58. The molecule has 0 spiro atoms. The van der Waals surface area contributed by atoms with E-state index in [9.17, 15) is 4.79 Å². The van der Waals surface area contributed by atoms with Crippen LogP contribution in [0.4, 0.5) is 0 Å². The SMILES string of the molecule is C=NC1=C(N=C(C)c2cc(-c3ccc(C(=O)O)cc3)co2)C(C)(C)CC1(C)C. The molecule has 0 radical (unpaired) electrons. The van der Waals surface area contributed by atoms with Gasteiger partial charge in [0, 0.05) is 16.4 Å². The van der Waals surface area contributed by atoms with Crippen LogP contribution in [-0.2, 0) is 0 Å². The Bertz CT molecular complexity index is 989. The van der Waals surface area contributed by atoms with Gasteiger partial charge in [-0.1, -0.05) is 39.8 Å². The number of hydrogen-bond acceptors (Lipinski definition) is 4. The molecule has 1 aromatic carbocycles. The van der Waals surface area contributed by atoms with Gasteiger partial charge in [0.15, 0.2) is 0 Å². The van der Waals surface area contributed by atoms with Crippen LogP contribution in [0.25, 0.3) is 11.1 Å². The zero-order valence-electron chi connectivity index (χ0n) is 17.0. The lowest BCUT2D eigenvalue weighted by atomic mass is 9.81. The number of allylic oxidation sites excluding steroid dienone is 2. The van der Waals surface area contributed by atoms with Gasteiger partial charge in [0.25, 0.3) is 0 Å². The fraction of sp³-hybridized carbons (Fsp3) is 0.348. The highest BCUT2D eigenvalue weighted by molar-refractivity contribution is 5.98. The van der Waals surface area contributed by atoms with Gasteiger partial charge in [-0.05, 0) is 43.8 Å². The van der Waals surface area contributed by atoms with E-state index in [1.165, 1.54) is 0 Å². The smallest absolute Gasteiger partial charge is 0.335 e. The number of benzene rings is 1. The molecule has 0 aliphatic heterocycles. The largest absolute Gasteiger partial charge is 0.478 e. The van der Waals surface area contributed by atoms with E-state index in [-0.39, 0.29) is 16.4 Å². The molecule has 1 aromatic heterocycles. The van der Waals surface area contributed by atoms with Crippen molar-refractivity contribution < 1.29 is 14.3 Å². The lowest BCUT2D eigenvalue weighted by Gasteiger charge is -2.23. The summed E-state index contributed by atoms with van der Waals surface area (Å²) in [7, 11) is 0. The monoisotopic (exact) mass is 378 g/mol. The summed E-state index contributed by atoms with van der Waals surface area (Å²) < 4.78 is 5.74. The van der Waals surface area contributed by atoms with Gasteiger partial charge in [0.2, 0.25) is 0 Å². The maximum atomic E-state index is 11.0. The van der Waals surface area contributed by atoms with Crippen molar-refractivity contribution >= 4 is 18.4 Å². The van der Waals surface area contributed by atoms with Gasteiger partial charge in [-0.2, -0.15) is 0 Å². The molecule has 2 aromatic rings. The zero-order valence-corrected chi connectivity index (χ0v) is 17.0. The first-order valence-electron chi connectivity index (χ1n) is 9.25. The molecule has 5 nitrogen and oxygen atoms in total. The van der Waals surface area contributed by atoms with Crippen LogP contribution in [0.2, 0.25) is 0 Å². The molecule has 1 N–H and O–H groups in total. The Morgan fingerprint density at radius 1 is 1.07 bits per heavy atom. The van der Waals surface area contributed by atoms with Crippen molar-refractivity contribution in [3.63, 3.8) is 0 Å². The van der Waals surface area contributed by atoms with Crippen LogP contribution in [0, 0.1) is 10.8 Å². The number of hydrogen-bond donors (Lipinski definition) is 1. The predicted molar refractivity (Wildman–Crippen MR) is 112 cm³/mol. The highest BCUT2D eigenvalue weighted by Gasteiger charge is 2.44. The van der Waals surface area contributed by atoms with Crippen molar-refractivity contribution in [2.75, 3.05) is 0 Å². The number of carboxylic acids is 1. The van der Waals surface area contributed by atoms with Crippen LogP contribution in [-0.4, -0.2) is 23.5 Å². The minimum Gasteiger partial charge on any atom is -0.478 e. The molecule has 28 heavy (non-hydrogen) atoms. The van der Waals surface area contributed by atoms with E-state index in [2.05, 4.69) is 39.4 Å². The molecule has 1 aliphatic carbocycles. The highest BCUT2D eigenvalue weighted by Crippen LogP contribution is 2.53. The Morgan fingerprint density at radius 3 is 2.25 bits per heavy atom. The summed E-state index contributed by atoms with van der Waals surface area (Å²) >= 11 is 0. The van der Waals surface area contributed by atoms with E-state index >= 15 is 0 Å². The van der Waals surface area contributed by atoms with Gasteiger partial charge in [-0.25, -0.2) is 4.79 Å². The second-order valence-electron chi connectivity index (χ2n) is 8.58. The molecule has 3 rings (SSSR count). The van der Waals surface area contributed by atoms with Gasteiger partial charge >= 0.3 is 5.97 Å². The average Bonchev–Trinajstić information content (AvgIpc) is 3.16. The van der Waals surface area contributed by atoms with E-state index in [0.717, 1.165) is 34.7 Å². The van der Waals surface area contributed by atoms with Gasteiger partial charge in [-0.3, -0.25) is 9.98 Å². The molecule has 0 unspecified atom stereocenters. The van der Waals surface area contributed by atoms with Gasteiger partial charge in [0.05, 0.1) is 28.9 Å². The first-order chi connectivity index (χ1) is 13.0. The van der Waals surface area contributed by atoms with E-state index in [1.54, 1.807) is 30.5 Å². The molecule has 0 atom stereocenters. The molecule has 0 bridgehead atoms. The molecular weight excluding hydrogens is 352 g/mol. The third kappa shape index (κ3) is 3.57. The van der Waals surface area contributed by atoms with Crippen molar-refractivity contribution in [1.29, 1.82) is 0 Å². The van der Waals surface area contributed by atoms with Crippen molar-refractivity contribution in [2.24, 2.45) is 20.8 Å². The summed E-state index contributed by atoms with van der Waals surface area (Å²) in [5.41, 5.74) is 4.53. The van der Waals surface area contributed by atoms with Gasteiger partial charge in [0.1, 0.15) is 5.76 Å². The van der Waals surface area contributed by atoms with E-state index in [0.29, 0.717) is 5.76 Å². The maximum Gasteiger partial charge on any atom is 0.335 e. The molecule has 1 aliphatic rings. The lowest BCUT2D eigenvalue weighted by Crippen LogP contribution is -2.15. The molecule has 5 heteroatoms. The van der Waals surface area contributed by atoms with E-state index < -0.39 is 5.97 Å². The molecule has 0 saturated heterocycles. The number of aliphatic imine (C=N–C) groups is 2. The fourth-order valence-corrected chi connectivity index (χ4v) is 4.11. The minimum atomic E-state index is -0.940. The lowest BCUT2D eigenvalue weighted by molar-refractivity contribution is 0.0697. The summed E-state index contributed by atoms with van der Waals surface area (Å²) in [4.78, 5) is 20.2. The summed E-state index contributed by atoms with van der Waals surface area (Å²) in [5.74, 6) is -0.266. The number of carboxylic acid groups (broad SMARTS) is 1. The van der Waals surface area contributed by atoms with Crippen molar-refractivity contribution in [3.8, 4) is 11.1 Å². The van der Waals surface area contributed by atoms with Crippen LogP contribution in [0.3, 0.4) is 0 Å². The normalized spacial score (nSPS) is 18.4. The fourth-order valence-electron chi connectivity index (χ4n) is 4.11. The quantitative estimate of drug-likeness (QED) is 0.666. The molecular formula is C23H26N2O3. The molecule has 1 heterocycles. The van der Waals surface area contributed by atoms with Crippen LogP contribution >= 0.6 is 0 Å². The average molecular weight is 378 g/mol. The maximum absolute atomic E-state index is 11.0. The first-order valence-corrected chi connectivity index (χ1v) is 9.25. The standard InChI is InChI=1S/C23H26N2O3/c1-14(25-20-19(24-6)22(2,3)13-23(20,4)5)18-11-17(12-28-18)15-7-9-16(10-8-15)21(26)27/h7-12H,6,13H2,1-5H3,(H,26,27). The molecule has 0 amide bonds. The number of carbonyl (C=O) groups is 1. The van der Waals surface area contributed by atoms with Crippen molar-refractivity contribution in [1.82, 2.24) is 0 Å². The summed E-state index contributed by atoms with van der Waals surface area (Å²) in [5, 5.41) is 9.03. The predicted octanol–water partition coefficient (Wildman–Crippen LogP) is 5.82. The number of furan rings is 1. The summed E-state index contributed by atoms with van der Waals surface area (Å²) in [6, 6.07) is 8.64. The third-order valence-corrected chi connectivity index (χ3v) is 5.25. The summed E-state index contributed by atoms with van der Waals surface area (Å²) in [6.45, 7) is 14.4. The first kappa shape index (κ1) is 19.8. The second kappa shape index (κ2) is 6.89. The van der Waals surface area contributed by atoms with Gasteiger partial charge in [-0.15, -0.1) is 0 Å². The Morgan fingerprint density at radius 2 is 1.68 bits per heavy atom. The molecule has 0 saturated carbocycles. The van der Waals surface area contributed by atoms with Crippen molar-refractivity contribution in [2.45, 2.75) is 41.0 Å². The van der Waals surface area contributed by atoms with Crippen molar-refractivity contribution in [3.05, 3.63) is 59.3 Å². The third-order valence-electron chi connectivity index (χ3n) is 5.25.